The number of hydrogen-bond acceptors (Lipinski definition) is 6. The molecular formula is C15H22N4O4S. The van der Waals surface area contributed by atoms with Gasteiger partial charge in [0.15, 0.2) is 9.84 Å². The van der Waals surface area contributed by atoms with Gasteiger partial charge >= 0.3 is 0 Å². The molecule has 132 valence electrons. The molecule has 0 saturated carbocycles. The fraction of sp³-hybridized carbons (Fsp3) is 0.733. The number of carbonyl (C=O) groups is 2. The Kier molecular flexibility index (Phi) is 5.59. The van der Waals surface area contributed by atoms with Crippen LogP contribution in [0.3, 0.4) is 0 Å². The Morgan fingerprint density at radius 3 is 2.75 bits per heavy atom. The van der Waals surface area contributed by atoms with Crippen molar-refractivity contribution in [3.8, 4) is 6.07 Å². The highest BCUT2D eigenvalue weighted by atomic mass is 32.2. The second-order valence-corrected chi connectivity index (χ2v) is 8.44. The van der Waals surface area contributed by atoms with Gasteiger partial charge in [-0.1, -0.05) is 0 Å². The third-order valence-electron chi connectivity index (χ3n) is 4.24. The molecule has 2 heterocycles. The Bertz CT molecular complexity index is 695. The highest BCUT2D eigenvalue weighted by Gasteiger charge is 2.37. The molecule has 0 bridgehead atoms. The lowest BCUT2D eigenvalue weighted by Crippen LogP contribution is -2.45. The van der Waals surface area contributed by atoms with Gasteiger partial charge in [0.1, 0.15) is 5.71 Å². The first-order valence-electron chi connectivity index (χ1n) is 8.06. The van der Waals surface area contributed by atoms with Crippen LogP contribution in [-0.4, -0.2) is 66.5 Å². The second-order valence-electron chi connectivity index (χ2n) is 6.22. The van der Waals surface area contributed by atoms with E-state index in [0.717, 1.165) is 0 Å². The molecule has 0 N–H and O–H groups in total. The van der Waals surface area contributed by atoms with E-state index >= 15 is 0 Å². The summed E-state index contributed by atoms with van der Waals surface area (Å²) >= 11 is 0. The van der Waals surface area contributed by atoms with E-state index in [2.05, 4.69) is 11.2 Å². The lowest BCUT2D eigenvalue weighted by Gasteiger charge is -2.29. The number of rotatable bonds is 5. The zero-order chi connectivity index (χ0) is 17.9. The molecule has 0 aromatic carbocycles. The minimum absolute atomic E-state index is 0.0427. The van der Waals surface area contributed by atoms with Crippen LogP contribution in [0.5, 0.6) is 0 Å². The average Bonchev–Trinajstić information content (AvgIpc) is 2.91. The zero-order valence-electron chi connectivity index (χ0n) is 13.9. The molecule has 9 heteroatoms. The maximum atomic E-state index is 12.6. The van der Waals surface area contributed by atoms with Crippen LogP contribution < -0.4 is 0 Å². The maximum absolute atomic E-state index is 12.6. The van der Waals surface area contributed by atoms with Crippen LogP contribution >= 0.6 is 0 Å². The molecule has 0 aromatic rings. The zero-order valence-corrected chi connectivity index (χ0v) is 14.8. The molecule has 1 saturated heterocycles. The van der Waals surface area contributed by atoms with Crippen molar-refractivity contribution < 1.29 is 18.0 Å². The normalized spacial score (nSPS) is 24.2. The summed E-state index contributed by atoms with van der Waals surface area (Å²) < 4.78 is 23.2. The first kappa shape index (κ1) is 18.4. The van der Waals surface area contributed by atoms with E-state index < -0.39 is 15.9 Å². The molecule has 1 fully saturated rings. The summed E-state index contributed by atoms with van der Waals surface area (Å²) in [4.78, 5) is 26.2. The molecule has 2 aliphatic rings. The van der Waals surface area contributed by atoms with Crippen molar-refractivity contribution in [3.63, 3.8) is 0 Å². The molecule has 2 amide bonds. The van der Waals surface area contributed by atoms with Crippen molar-refractivity contribution >= 4 is 27.4 Å². The van der Waals surface area contributed by atoms with Gasteiger partial charge < -0.3 is 4.90 Å². The van der Waals surface area contributed by atoms with Crippen LogP contribution in [0.15, 0.2) is 5.10 Å². The predicted octanol–water partition coefficient (Wildman–Crippen LogP) is 0.160. The molecule has 2 rings (SSSR count). The van der Waals surface area contributed by atoms with Crippen LogP contribution in [-0.2, 0) is 19.4 Å². The van der Waals surface area contributed by atoms with Gasteiger partial charge in [0.2, 0.25) is 5.91 Å². The van der Waals surface area contributed by atoms with Crippen molar-refractivity contribution in [1.29, 1.82) is 5.26 Å². The molecule has 0 spiro atoms. The van der Waals surface area contributed by atoms with Crippen LogP contribution in [0.25, 0.3) is 0 Å². The quantitative estimate of drug-likeness (QED) is 0.698. The summed E-state index contributed by atoms with van der Waals surface area (Å²) in [6.07, 6.45) is 0.736. The van der Waals surface area contributed by atoms with Gasteiger partial charge in [-0.2, -0.15) is 10.4 Å². The number of sulfone groups is 1. The molecule has 8 nitrogen and oxygen atoms in total. The molecule has 0 aromatic heterocycles. The van der Waals surface area contributed by atoms with Crippen molar-refractivity contribution in [2.24, 2.45) is 11.0 Å². The third-order valence-corrected chi connectivity index (χ3v) is 5.99. The molecule has 2 atom stereocenters. The SMILES string of the molecule is CCN(C[C@@H](C)C#N)C(=O)C1=NN([C@H]2CCS(=O)(=O)C2)C(=O)CC1. The number of amides is 2. The van der Waals surface area contributed by atoms with E-state index in [-0.39, 0.29) is 47.8 Å². The maximum Gasteiger partial charge on any atom is 0.270 e. The monoisotopic (exact) mass is 354 g/mol. The number of nitrogens with zero attached hydrogens (tertiary/aromatic N) is 4. The van der Waals surface area contributed by atoms with Gasteiger partial charge in [0.25, 0.3) is 5.91 Å². The lowest BCUT2D eigenvalue weighted by molar-refractivity contribution is -0.134. The Labute approximate surface area is 142 Å². The van der Waals surface area contributed by atoms with E-state index in [1.165, 1.54) is 9.91 Å². The number of carbonyl (C=O) groups excluding carboxylic acids is 2. The summed E-state index contributed by atoms with van der Waals surface area (Å²) in [5, 5.41) is 14.3. The Balaban J connectivity index is 2.17. The number of hydrazone groups is 1. The lowest BCUT2D eigenvalue weighted by atomic mass is 10.1. The van der Waals surface area contributed by atoms with Gasteiger partial charge in [-0.3, -0.25) is 9.59 Å². The first-order chi connectivity index (χ1) is 11.3. The fourth-order valence-electron chi connectivity index (χ4n) is 2.89. The Morgan fingerprint density at radius 1 is 1.50 bits per heavy atom. The van der Waals surface area contributed by atoms with Crippen molar-refractivity contribution in [1.82, 2.24) is 9.91 Å². The van der Waals surface area contributed by atoms with E-state index in [0.29, 0.717) is 19.5 Å². The first-order valence-corrected chi connectivity index (χ1v) is 9.88. The Morgan fingerprint density at radius 2 is 2.21 bits per heavy atom. The van der Waals surface area contributed by atoms with Crippen LogP contribution in [0.1, 0.15) is 33.1 Å². The smallest absolute Gasteiger partial charge is 0.270 e. The third kappa shape index (κ3) is 4.12. The molecular weight excluding hydrogens is 332 g/mol. The summed E-state index contributed by atoms with van der Waals surface area (Å²) in [6.45, 7) is 4.29. The van der Waals surface area contributed by atoms with Gasteiger partial charge in [-0.15, -0.1) is 0 Å². The highest BCUT2D eigenvalue weighted by molar-refractivity contribution is 7.91. The summed E-state index contributed by atoms with van der Waals surface area (Å²) in [5.41, 5.74) is 0.255. The molecule has 2 aliphatic heterocycles. The van der Waals surface area contributed by atoms with E-state index in [9.17, 15) is 18.0 Å². The minimum Gasteiger partial charge on any atom is -0.337 e. The van der Waals surface area contributed by atoms with Crippen molar-refractivity contribution in [2.75, 3.05) is 24.6 Å². The van der Waals surface area contributed by atoms with Crippen LogP contribution in [0.4, 0.5) is 0 Å². The van der Waals surface area contributed by atoms with Gasteiger partial charge in [0, 0.05) is 25.9 Å². The number of hydrogen-bond donors (Lipinski definition) is 0. The topological polar surface area (TPSA) is 111 Å². The molecule has 0 unspecified atom stereocenters. The van der Waals surface area contributed by atoms with Gasteiger partial charge in [-0.05, 0) is 20.3 Å². The molecule has 0 aliphatic carbocycles. The summed E-state index contributed by atoms with van der Waals surface area (Å²) in [6, 6.07) is 1.60. The van der Waals surface area contributed by atoms with Crippen molar-refractivity contribution in [3.05, 3.63) is 0 Å². The highest BCUT2D eigenvalue weighted by Crippen LogP contribution is 2.22. The second kappa shape index (κ2) is 7.30. The van der Waals surface area contributed by atoms with E-state index in [1.807, 2.05) is 6.92 Å². The van der Waals surface area contributed by atoms with Crippen LogP contribution in [0.2, 0.25) is 0 Å². The Hall–Kier alpha value is -1.95. The molecule has 24 heavy (non-hydrogen) atoms. The van der Waals surface area contributed by atoms with Gasteiger partial charge in [-0.25, -0.2) is 13.4 Å². The molecule has 0 radical (unpaired) electrons. The minimum atomic E-state index is -3.14. The van der Waals surface area contributed by atoms with E-state index in [4.69, 9.17) is 5.26 Å². The van der Waals surface area contributed by atoms with Crippen molar-refractivity contribution in [2.45, 2.75) is 39.2 Å². The summed E-state index contributed by atoms with van der Waals surface area (Å²) in [7, 11) is -3.14. The van der Waals surface area contributed by atoms with Crippen LogP contribution in [0, 0.1) is 17.2 Å². The fourth-order valence-corrected chi connectivity index (χ4v) is 4.58. The average molecular weight is 354 g/mol. The number of nitriles is 1. The predicted molar refractivity (Wildman–Crippen MR) is 87.6 cm³/mol. The van der Waals surface area contributed by atoms with Gasteiger partial charge in [0.05, 0.1) is 29.5 Å². The summed E-state index contributed by atoms with van der Waals surface area (Å²) in [5.74, 6) is -0.899. The standard InChI is InChI=1S/C15H22N4O4S/c1-3-18(9-11(2)8-16)15(21)13-4-5-14(20)19(17-13)12-6-7-24(22,23)10-12/h11-12H,3-7,9-10H2,1-2H3/t11-,12-/m0/s1. The largest absolute Gasteiger partial charge is 0.337 e. The van der Waals surface area contributed by atoms with E-state index in [1.54, 1.807) is 6.92 Å².